The van der Waals surface area contributed by atoms with Crippen molar-refractivity contribution >= 4 is 27.8 Å². The maximum atomic E-state index is 2.42. The Morgan fingerprint density at radius 3 is 1.55 bits per heavy atom. The average molecular weight is 792 g/mol. The number of fused-ring (bicyclic) bond motifs is 4. The van der Waals surface area contributed by atoms with E-state index in [0.717, 1.165) is 17.1 Å². The molecule has 0 N–H and O–H groups in total. The van der Waals surface area contributed by atoms with Gasteiger partial charge in [-0.15, -0.1) is 0 Å². The Labute approximate surface area is 364 Å². The molecule has 1 aliphatic rings. The summed E-state index contributed by atoms with van der Waals surface area (Å²) in [4.78, 5) is 2.42. The molecule has 0 heterocycles. The van der Waals surface area contributed by atoms with Crippen molar-refractivity contribution < 1.29 is 0 Å². The molecule has 62 heavy (non-hydrogen) atoms. The molecule has 0 atom stereocenters. The molecule has 294 valence electrons. The van der Waals surface area contributed by atoms with Crippen LogP contribution < -0.4 is 4.90 Å². The van der Waals surface area contributed by atoms with E-state index in [2.05, 4.69) is 255 Å². The van der Waals surface area contributed by atoms with Crippen molar-refractivity contribution in [3.8, 4) is 66.8 Å². The third-order valence-electron chi connectivity index (χ3n) is 12.9. The third-order valence-corrected chi connectivity index (χ3v) is 12.9. The van der Waals surface area contributed by atoms with Crippen molar-refractivity contribution in [1.82, 2.24) is 0 Å². The van der Waals surface area contributed by atoms with Crippen LogP contribution in [0.2, 0.25) is 0 Å². The minimum atomic E-state index is -0.0537. The Morgan fingerprint density at radius 2 is 0.790 bits per heavy atom. The average Bonchev–Trinajstić information content (AvgIpc) is 3.57. The van der Waals surface area contributed by atoms with Gasteiger partial charge in [0.25, 0.3) is 0 Å². The Hall–Kier alpha value is -7.74. The van der Waals surface area contributed by atoms with Gasteiger partial charge >= 0.3 is 0 Å². The van der Waals surface area contributed by atoms with Crippen molar-refractivity contribution in [1.29, 1.82) is 0 Å². The van der Waals surface area contributed by atoms with Gasteiger partial charge in [0.05, 0.1) is 5.69 Å². The molecule has 0 amide bonds. The van der Waals surface area contributed by atoms with Gasteiger partial charge in [-0.05, 0) is 126 Å². The lowest BCUT2D eigenvalue weighted by Gasteiger charge is -2.29. The van der Waals surface area contributed by atoms with Gasteiger partial charge in [-0.2, -0.15) is 0 Å². The van der Waals surface area contributed by atoms with Crippen molar-refractivity contribution in [2.45, 2.75) is 19.3 Å². The van der Waals surface area contributed by atoms with Crippen LogP contribution in [-0.2, 0) is 5.41 Å². The molecule has 0 spiro atoms. The van der Waals surface area contributed by atoms with Crippen LogP contribution in [0.5, 0.6) is 0 Å². The zero-order valence-corrected chi connectivity index (χ0v) is 35.0. The van der Waals surface area contributed by atoms with Crippen molar-refractivity contribution in [3.05, 3.63) is 248 Å². The summed E-state index contributed by atoms with van der Waals surface area (Å²) in [6, 6.07) is 86.5. The largest absolute Gasteiger partial charge is 0.310 e. The maximum absolute atomic E-state index is 2.42. The molecule has 1 nitrogen and oxygen atoms in total. The monoisotopic (exact) mass is 791 g/mol. The van der Waals surface area contributed by atoms with Crippen LogP contribution in [0.4, 0.5) is 17.1 Å². The summed E-state index contributed by atoms with van der Waals surface area (Å²) < 4.78 is 0. The highest BCUT2D eigenvalue weighted by atomic mass is 15.1. The van der Waals surface area contributed by atoms with Gasteiger partial charge < -0.3 is 4.90 Å². The van der Waals surface area contributed by atoms with Crippen molar-refractivity contribution in [3.63, 3.8) is 0 Å². The zero-order valence-electron chi connectivity index (χ0n) is 35.0. The predicted octanol–water partition coefficient (Wildman–Crippen LogP) is 17.0. The van der Waals surface area contributed by atoms with Crippen LogP contribution in [0.25, 0.3) is 77.5 Å². The fraction of sp³-hybridized carbons (Fsp3) is 0.0492. The van der Waals surface area contributed by atoms with Gasteiger partial charge in [-0.3, -0.25) is 0 Å². The molecule has 1 heteroatoms. The Morgan fingerprint density at radius 1 is 0.290 bits per heavy atom. The van der Waals surface area contributed by atoms with E-state index >= 15 is 0 Å². The van der Waals surface area contributed by atoms with Crippen molar-refractivity contribution in [2.75, 3.05) is 4.90 Å². The summed E-state index contributed by atoms with van der Waals surface area (Å²) in [6.45, 7) is 4.70. The summed E-state index contributed by atoms with van der Waals surface area (Å²) in [7, 11) is 0. The van der Waals surface area contributed by atoms with Crippen LogP contribution in [0.15, 0.2) is 237 Å². The Bertz CT molecular complexity index is 3240. The van der Waals surface area contributed by atoms with E-state index in [9.17, 15) is 0 Å². The lowest BCUT2D eigenvalue weighted by molar-refractivity contribution is 0.660. The van der Waals surface area contributed by atoms with Gasteiger partial charge in [0, 0.05) is 22.4 Å². The second kappa shape index (κ2) is 15.4. The zero-order chi connectivity index (χ0) is 41.6. The minimum absolute atomic E-state index is 0.0537. The second-order valence-corrected chi connectivity index (χ2v) is 16.9. The topological polar surface area (TPSA) is 3.24 Å². The van der Waals surface area contributed by atoms with Crippen LogP contribution in [0.3, 0.4) is 0 Å². The second-order valence-electron chi connectivity index (χ2n) is 16.9. The molecule has 0 saturated heterocycles. The molecule has 10 aromatic rings. The number of hydrogen-bond donors (Lipinski definition) is 0. The van der Waals surface area contributed by atoms with E-state index in [1.54, 1.807) is 0 Å². The van der Waals surface area contributed by atoms with E-state index in [0.29, 0.717) is 0 Å². The van der Waals surface area contributed by atoms with Gasteiger partial charge in [-0.1, -0.05) is 208 Å². The Balaban J connectivity index is 1.01. The molecule has 10 aromatic carbocycles. The first-order valence-corrected chi connectivity index (χ1v) is 21.6. The molecular weight excluding hydrogens is 747 g/mol. The molecule has 0 aromatic heterocycles. The van der Waals surface area contributed by atoms with Gasteiger partial charge in [0.15, 0.2) is 0 Å². The fourth-order valence-corrected chi connectivity index (χ4v) is 9.74. The predicted molar refractivity (Wildman–Crippen MR) is 263 cm³/mol. The van der Waals surface area contributed by atoms with Gasteiger partial charge in [0.2, 0.25) is 0 Å². The van der Waals surface area contributed by atoms with E-state index in [-0.39, 0.29) is 5.41 Å². The van der Waals surface area contributed by atoms with Crippen molar-refractivity contribution in [2.24, 2.45) is 0 Å². The molecule has 0 bridgehead atoms. The molecule has 0 radical (unpaired) electrons. The van der Waals surface area contributed by atoms with E-state index in [1.165, 1.54) is 88.7 Å². The first-order chi connectivity index (χ1) is 30.5. The maximum Gasteiger partial charge on any atom is 0.0540 e. The van der Waals surface area contributed by atoms with Crippen LogP contribution >= 0.6 is 0 Å². The highest BCUT2D eigenvalue weighted by molar-refractivity contribution is 5.98. The van der Waals surface area contributed by atoms with Gasteiger partial charge in [-0.25, -0.2) is 0 Å². The summed E-state index contributed by atoms with van der Waals surface area (Å²) in [5.41, 5.74) is 20.8. The lowest BCUT2D eigenvalue weighted by Crippen LogP contribution is -2.14. The fourth-order valence-electron chi connectivity index (χ4n) is 9.74. The normalized spacial score (nSPS) is 12.5. The lowest BCUT2D eigenvalue weighted by atomic mass is 9.81. The van der Waals surface area contributed by atoms with E-state index < -0.39 is 0 Å². The number of benzene rings is 10. The van der Waals surface area contributed by atoms with Gasteiger partial charge in [0.1, 0.15) is 0 Å². The molecule has 11 rings (SSSR count). The number of para-hydroxylation sites is 1. The molecule has 1 aliphatic carbocycles. The number of rotatable bonds is 8. The standard InChI is InChI=1S/C61H45N/c1-61(2)58-28-12-10-25-55(58)56-39-34-47(41-59(56)61)43-32-37-50(38-33-43)62(60-29-13-11-26-57(60)54-24-9-8-23-52(54)44-16-4-3-5-17-44)49-35-30-42(31-36-49)46-20-14-21-48(40-46)53-27-15-19-45-18-6-7-22-51(45)53/h3-41H,1-2H3. The molecular formula is C61H45N. The van der Waals surface area contributed by atoms with Crippen LogP contribution in [0.1, 0.15) is 25.0 Å². The first-order valence-electron chi connectivity index (χ1n) is 21.6. The Kier molecular flexibility index (Phi) is 9.24. The summed E-state index contributed by atoms with van der Waals surface area (Å²) in [6.07, 6.45) is 0. The number of anilines is 3. The smallest absolute Gasteiger partial charge is 0.0540 e. The summed E-state index contributed by atoms with van der Waals surface area (Å²) in [5.74, 6) is 0. The number of hydrogen-bond acceptors (Lipinski definition) is 1. The van der Waals surface area contributed by atoms with E-state index in [1.807, 2.05) is 0 Å². The molecule has 0 aliphatic heterocycles. The number of nitrogens with zero attached hydrogens (tertiary/aromatic N) is 1. The van der Waals surface area contributed by atoms with Crippen LogP contribution in [0, 0.1) is 0 Å². The highest BCUT2D eigenvalue weighted by Gasteiger charge is 2.35. The van der Waals surface area contributed by atoms with Crippen LogP contribution in [-0.4, -0.2) is 0 Å². The third kappa shape index (κ3) is 6.51. The SMILES string of the molecule is CC1(C)c2ccccc2-c2ccc(-c3ccc(N(c4ccc(-c5cccc(-c6cccc7ccccc67)c5)cc4)c4ccccc4-c4ccccc4-c4ccccc4)cc3)cc21. The van der Waals surface area contributed by atoms with E-state index in [4.69, 9.17) is 0 Å². The molecule has 0 fully saturated rings. The summed E-state index contributed by atoms with van der Waals surface area (Å²) in [5, 5.41) is 2.52. The minimum Gasteiger partial charge on any atom is -0.310 e. The first kappa shape index (κ1) is 37.3. The molecule has 0 saturated carbocycles. The quantitative estimate of drug-likeness (QED) is 0.148. The highest BCUT2D eigenvalue weighted by Crippen LogP contribution is 2.50. The summed E-state index contributed by atoms with van der Waals surface area (Å²) >= 11 is 0. The molecule has 0 unspecified atom stereocenters.